The number of hydrogen-bond donors (Lipinski definition) is 3. The summed E-state index contributed by atoms with van der Waals surface area (Å²) in [7, 11) is 1.79. The molecule has 1 heterocycles. The van der Waals surface area contributed by atoms with Gasteiger partial charge in [-0.3, -0.25) is 9.79 Å². The van der Waals surface area contributed by atoms with Gasteiger partial charge in [0.05, 0.1) is 0 Å². The Hall–Kier alpha value is -1.55. The van der Waals surface area contributed by atoms with E-state index < -0.39 is 0 Å². The highest BCUT2D eigenvalue weighted by Gasteiger charge is 2.08. The molecule has 0 spiro atoms. The number of amides is 1. The summed E-state index contributed by atoms with van der Waals surface area (Å²) < 4.78 is 5.55. The maximum Gasteiger partial charge on any atom is 0.257 e. The number of likely N-dealkylation sites (N-methyl/N-ethyl adjacent to an activating group) is 1. The summed E-state index contributed by atoms with van der Waals surface area (Å²) in [5, 5.41) is 9.45. The molecule has 0 unspecified atom stereocenters. The highest BCUT2D eigenvalue weighted by Crippen LogP contribution is 2.13. The molecule has 170 valence electrons. The van der Waals surface area contributed by atoms with E-state index in [9.17, 15) is 4.79 Å². The van der Waals surface area contributed by atoms with Gasteiger partial charge < -0.3 is 25.6 Å². The summed E-state index contributed by atoms with van der Waals surface area (Å²) in [5.41, 5.74) is 1.07. The number of carbonyl (C=O) groups excluding carboxylic acids is 1. The molecule has 0 bridgehead atoms. The summed E-state index contributed by atoms with van der Waals surface area (Å²) in [6, 6.07) is 7.76. The molecule has 0 aromatic heterocycles. The van der Waals surface area contributed by atoms with Gasteiger partial charge in [-0.1, -0.05) is 25.0 Å². The van der Waals surface area contributed by atoms with Crippen LogP contribution in [0.2, 0.25) is 0 Å². The van der Waals surface area contributed by atoms with Gasteiger partial charge in [0.25, 0.3) is 5.91 Å². The smallest absolute Gasteiger partial charge is 0.257 e. The second-order valence-corrected chi connectivity index (χ2v) is 7.35. The SMILES string of the molecule is CCNC(=O)COc1cccc(CNC(=NC)NCCCN2CCCCCC2)c1.I. The lowest BCUT2D eigenvalue weighted by atomic mass is 10.2. The molecular formula is C22H38IN5O2. The zero-order valence-corrected chi connectivity index (χ0v) is 20.7. The van der Waals surface area contributed by atoms with Crippen molar-refractivity contribution in [2.75, 3.05) is 46.4 Å². The van der Waals surface area contributed by atoms with Crippen LogP contribution < -0.4 is 20.7 Å². The molecule has 0 aliphatic carbocycles. The number of nitrogens with zero attached hydrogens (tertiary/aromatic N) is 2. The van der Waals surface area contributed by atoms with Crippen molar-refractivity contribution in [2.45, 2.75) is 45.6 Å². The van der Waals surface area contributed by atoms with Crippen molar-refractivity contribution in [3.63, 3.8) is 0 Å². The Labute approximate surface area is 198 Å². The Kier molecular flexibility index (Phi) is 14.3. The Morgan fingerprint density at radius 2 is 1.90 bits per heavy atom. The second-order valence-electron chi connectivity index (χ2n) is 7.35. The number of ether oxygens (including phenoxy) is 1. The third kappa shape index (κ3) is 11.0. The van der Waals surface area contributed by atoms with Crippen LogP contribution in [0.25, 0.3) is 0 Å². The van der Waals surface area contributed by atoms with Gasteiger partial charge in [0.1, 0.15) is 5.75 Å². The van der Waals surface area contributed by atoms with Crippen molar-refractivity contribution in [3.8, 4) is 5.75 Å². The number of halogens is 1. The summed E-state index contributed by atoms with van der Waals surface area (Å²) in [6.45, 7) is 7.71. The Bertz CT molecular complexity index is 634. The lowest BCUT2D eigenvalue weighted by molar-refractivity contribution is -0.122. The predicted octanol–water partition coefficient (Wildman–Crippen LogP) is 2.75. The molecule has 1 aliphatic heterocycles. The average molecular weight is 531 g/mol. The minimum absolute atomic E-state index is 0. The fraction of sp³-hybridized carbons (Fsp3) is 0.636. The van der Waals surface area contributed by atoms with Crippen LogP contribution in [0, 0.1) is 0 Å². The second kappa shape index (κ2) is 16.2. The highest BCUT2D eigenvalue weighted by atomic mass is 127. The van der Waals surface area contributed by atoms with Crippen molar-refractivity contribution < 1.29 is 9.53 Å². The molecule has 30 heavy (non-hydrogen) atoms. The largest absolute Gasteiger partial charge is 0.484 e. The van der Waals surface area contributed by atoms with E-state index in [4.69, 9.17) is 4.74 Å². The zero-order chi connectivity index (χ0) is 20.7. The van der Waals surface area contributed by atoms with Crippen LogP contribution in [0.1, 0.15) is 44.6 Å². The third-order valence-corrected chi connectivity index (χ3v) is 4.97. The standard InChI is InChI=1S/C22H37N5O2.HI/c1-3-24-21(28)18-29-20-11-8-10-19(16-20)17-26-22(23-2)25-12-9-15-27-13-6-4-5-7-14-27;/h8,10-11,16H,3-7,9,12-15,17-18H2,1-2H3,(H,24,28)(H2,23,25,26);1H. The highest BCUT2D eigenvalue weighted by molar-refractivity contribution is 14.0. The van der Waals surface area contributed by atoms with Crippen molar-refractivity contribution >= 4 is 35.8 Å². The van der Waals surface area contributed by atoms with Gasteiger partial charge in [0.2, 0.25) is 0 Å². The van der Waals surface area contributed by atoms with Gasteiger partial charge in [-0.25, -0.2) is 0 Å². The van der Waals surface area contributed by atoms with Gasteiger partial charge in [-0.2, -0.15) is 0 Å². The van der Waals surface area contributed by atoms with Crippen LogP contribution in [0.3, 0.4) is 0 Å². The molecule has 7 nitrogen and oxygen atoms in total. The Balaban J connectivity index is 0.00000450. The van der Waals surface area contributed by atoms with Gasteiger partial charge in [0.15, 0.2) is 12.6 Å². The van der Waals surface area contributed by atoms with E-state index in [2.05, 4.69) is 25.8 Å². The van der Waals surface area contributed by atoms with E-state index in [1.807, 2.05) is 31.2 Å². The van der Waals surface area contributed by atoms with Gasteiger partial charge >= 0.3 is 0 Å². The first kappa shape index (κ1) is 26.5. The Morgan fingerprint density at radius 1 is 1.13 bits per heavy atom. The molecule has 3 N–H and O–H groups in total. The third-order valence-electron chi connectivity index (χ3n) is 4.97. The first-order valence-electron chi connectivity index (χ1n) is 10.9. The number of nitrogens with one attached hydrogen (secondary N) is 3. The first-order valence-corrected chi connectivity index (χ1v) is 10.9. The van der Waals surface area contributed by atoms with E-state index in [0.29, 0.717) is 18.8 Å². The maximum absolute atomic E-state index is 11.5. The van der Waals surface area contributed by atoms with Gasteiger partial charge in [0, 0.05) is 26.7 Å². The summed E-state index contributed by atoms with van der Waals surface area (Å²) in [5.74, 6) is 1.38. The number of benzene rings is 1. The van der Waals surface area contributed by atoms with E-state index >= 15 is 0 Å². The molecule has 1 saturated heterocycles. The number of carbonyl (C=O) groups is 1. The monoisotopic (exact) mass is 531 g/mol. The number of guanidine groups is 1. The van der Waals surface area contributed by atoms with Gasteiger partial charge in [-0.15, -0.1) is 24.0 Å². The topological polar surface area (TPSA) is 78.0 Å². The lowest BCUT2D eigenvalue weighted by Gasteiger charge is -2.20. The minimum Gasteiger partial charge on any atom is -0.484 e. The van der Waals surface area contributed by atoms with Crippen LogP contribution in [0.4, 0.5) is 0 Å². The molecule has 2 rings (SSSR count). The van der Waals surface area contributed by atoms with Crippen molar-refractivity contribution in [1.29, 1.82) is 0 Å². The molecule has 8 heteroatoms. The zero-order valence-electron chi connectivity index (χ0n) is 18.4. The van der Waals surface area contributed by atoms with E-state index in [1.165, 1.54) is 38.8 Å². The quantitative estimate of drug-likeness (QED) is 0.187. The normalized spacial score (nSPS) is 14.9. The van der Waals surface area contributed by atoms with Crippen LogP contribution in [-0.2, 0) is 11.3 Å². The molecular weight excluding hydrogens is 493 g/mol. The van der Waals surface area contributed by atoms with Crippen LogP contribution in [0.15, 0.2) is 29.3 Å². The van der Waals surface area contributed by atoms with E-state index in [0.717, 1.165) is 31.0 Å². The summed E-state index contributed by atoms with van der Waals surface area (Å²) in [4.78, 5) is 18.4. The molecule has 1 aliphatic rings. The first-order chi connectivity index (χ1) is 14.2. The fourth-order valence-electron chi connectivity index (χ4n) is 3.42. The van der Waals surface area contributed by atoms with Crippen LogP contribution in [-0.4, -0.2) is 63.1 Å². The van der Waals surface area contributed by atoms with Crippen molar-refractivity contribution in [2.24, 2.45) is 4.99 Å². The van der Waals surface area contributed by atoms with E-state index in [-0.39, 0.29) is 36.5 Å². The molecule has 0 atom stereocenters. The van der Waals surface area contributed by atoms with E-state index in [1.54, 1.807) is 7.05 Å². The van der Waals surface area contributed by atoms with Crippen molar-refractivity contribution in [3.05, 3.63) is 29.8 Å². The maximum atomic E-state index is 11.5. The summed E-state index contributed by atoms with van der Waals surface area (Å²) in [6.07, 6.45) is 6.54. The van der Waals surface area contributed by atoms with Gasteiger partial charge in [-0.05, 0) is 63.5 Å². The molecule has 1 amide bonds. The number of aliphatic imine (C=N–C) groups is 1. The Morgan fingerprint density at radius 3 is 2.60 bits per heavy atom. The van der Waals surface area contributed by atoms with Crippen LogP contribution in [0.5, 0.6) is 5.75 Å². The predicted molar refractivity (Wildman–Crippen MR) is 134 cm³/mol. The molecule has 1 fully saturated rings. The lowest BCUT2D eigenvalue weighted by Crippen LogP contribution is -2.38. The fourth-order valence-corrected chi connectivity index (χ4v) is 3.42. The molecule has 0 saturated carbocycles. The summed E-state index contributed by atoms with van der Waals surface area (Å²) >= 11 is 0. The molecule has 1 aromatic rings. The minimum atomic E-state index is -0.110. The number of rotatable bonds is 10. The molecule has 0 radical (unpaired) electrons. The average Bonchev–Trinajstić information content (AvgIpc) is 3.01. The van der Waals surface area contributed by atoms with Crippen LogP contribution >= 0.6 is 24.0 Å². The van der Waals surface area contributed by atoms with Crippen molar-refractivity contribution in [1.82, 2.24) is 20.9 Å². The number of likely N-dealkylation sites (tertiary alicyclic amines) is 1. The number of hydrogen-bond acceptors (Lipinski definition) is 4. The molecule has 1 aromatic carbocycles.